The number of carbonyl (C=O) groups is 1. The Hall–Kier alpha value is -2.78. The number of fused-ring (bicyclic) bond motifs is 1. The fourth-order valence-electron chi connectivity index (χ4n) is 3.80. The molecule has 2 aliphatic rings. The van der Waals surface area contributed by atoms with Gasteiger partial charge in [0, 0.05) is 44.2 Å². The quantitative estimate of drug-likeness (QED) is 0.573. The van der Waals surface area contributed by atoms with Crippen molar-refractivity contribution >= 4 is 15.9 Å². The summed E-state index contributed by atoms with van der Waals surface area (Å²) in [5.41, 5.74) is 0.567. The molecule has 2 heterocycles. The van der Waals surface area contributed by atoms with E-state index < -0.39 is 10.0 Å². The molecule has 0 aromatic heterocycles. The highest BCUT2D eigenvalue weighted by Gasteiger charge is 2.31. The van der Waals surface area contributed by atoms with E-state index in [1.165, 1.54) is 10.4 Å². The van der Waals surface area contributed by atoms with E-state index >= 15 is 0 Å². The molecule has 0 unspecified atom stereocenters. The third kappa shape index (κ3) is 5.42. The monoisotopic (exact) mass is 474 g/mol. The van der Waals surface area contributed by atoms with E-state index in [0.29, 0.717) is 50.0 Å². The molecule has 2 aliphatic heterocycles. The van der Waals surface area contributed by atoms with Gasteiger partial charge < -0.3 is 19.1 Å². The molecule has 9 heteroatoms. The highest BCUT2D eigenvalue weighted by molar-refractivity contribution is 7.89. The minimum atomic E-state index is -3.69. The van der Waals surface area contributed by atoms with Gasteiger partial charge in [0.1, 0.15) is 5.75 Å². The lowest BCUT2D eigenvalue weighted by Crippen LogP contribution is -2.50. The second kappa shape index (κ2) is 10.4. The van der Waals surface area contributed by atoms with Crippen LogP contribution < -0.4 is 14.2 Å². The number of amides is 1. The van der Waals surface area contributed by atoms with E-state index in [9.17, 15) is 13.2 Å². The summed E-state index contributed by atoms with van der Waals surface area (Å²) < 4.78 is 44.6. The zero-order chi connectivity index (χ0) is 23.3. The van der Waals surface area contributed by atoms with Crippen LogP contribution in [0.4, 0.5) is 0 Å². The number of unbranched alkanes of at least 4 members (excludes halogenated alkanes) is 1. The van der Waals surface area contributed by atoms with Crippen molar-refractivity contribution in [2.24, 2.45) is 0 Å². The summed E-state index contributed by atoms with van der Waals surface area (Å²) in [7, 11) is -3.69. The van der Waals surface area contributed by atoms with Crippen LogP contribution in [0.15, 0.2) is 47.4 Å². The van der Waals surface area contributed by atoms with Crippen molar-refractivity contribution in [1.82, 2.24) is 9.21 Å². The van der Waals surface area contributed by atoms with Crippen molar-refractivity contribution < 1.29 is 27.4 Å². The number of hydrogen-bond acceptors (Lipinski definition) is 6. The Morgan fingerprint density at radius 1 is 0.970 bits per heavy atom. The van der Waals surface area contributed by atoms with Gasteiger partial charge in [-0.2, -0.15) is 4.31 Å². The van der Waals surface area contributed by atoms with Crippen LogP contribution >= 0.6 is 0 Å². The second-order valence-electron chi connectivity index (χ2n) is 8.08. The van der Waals surface area contributed by atoms with Crippen molar-refractivity contribution in [2.45, 2.75) is 31.1 Å². The Morgan fingerprint density at radius 3 is 2.36 bits per heavy atom. The first-order valence-electron chi connectivity index (χ1n) is 11.4. The summed E-state index contributed by atoms with van der Waals surface area (Å²) in [5, 5.41) is 0. The van der Waals surface area contributed by atoms with Crippen LogP contribution in [-0.4, -0.2) is 69.5 Å². The molecular weight excluding hydrogens is 444 g/mol. The highest BCUT2D eigenvalue weighted by Crippen LogP contribution is 2.33. The van der Waals surface area contributed by atoms with Gasteiger partial charge in [-0.3, -0.25) is 4.79 Å². The molecule has 1 amide bonds. The summed E-state index contributed by atoms with van der Waals surface area (Å²) in [5.74, 6) is 1.64. The van der Waals surface area contributed by atoms with Crippen molar-refractivity contribution in [1.29, 1.82) is 0 Å². The van der Waals surface area contributed by atoms with Gasteiger partial charge in [0.25, 0.3) is 5.91 Å². The second-order valence-corrected chi connectivity index (χ2v) is 10.0. The first-order valence-corrected chi connectivity index (χ1v) is 12.8. The molecule has 8 nitrogen and oxygen atoms in total. The predicted molar refractivity (Wildman–Crippen MR) is 124 cm³/mol. The maximum atomic E-state index is 13.2. The van der Waals surface area contributed by atoms with Gasteiger partial charge in [0.05, 0.1) is 24.7 Å². The number of nitrogens with zero attached hydrogens (tertiary/aromatic N) is 2. The van der Waals surface area contributed by atoms with E-state index in [4.69, 9.17) is 14.2 Å². The minimum absolute atomic E-state index is 0.109. The van der Waals surface area contributed by atoms with Crippen LogP contribution in [0.25, 0.3) is 0 Å². The molecule has 0 spiro atoms. The average molecular weight is 475 g/mol. The van der Waals surface area contributed by atoms with Crippen LogP contribution in [0.5, 0.6) is 17.2 Å². The molecule has 178 valence electrons. The first kappa shape index (κ1) is 23.4. The average Bonchev–Trinajstić information content (AvgIpc) is 3.09. The van der Waals surface area contributed by atoms with Gasteiger partial charge in [-0.15, -0.1) is 0 Å². The Kier molecular flexibility index (Phi) is 7.39. The van der Waals surface area contributed by atoms with E-state index in [0.717, 1.165) is 25.0 Å². The van der Waals surface area contributed by atoms with Crippen LogP contribution in [-0.2, 0) is 10.0 Å². The standard InChI is InChI=1S/C24H30N2O6S/c1-2-3-15-30-20-7-5-19(6-8-20)24(27)25-11-13-26(14-12-25)33(28,29)21-9-10-22-23(18-21)32-17-4-16-31-22/h5-10,18H,2-4,11-17H2,1H3. The minimum Gasteiger partial charge on any atom is -0.494 e. The Labute approximate surface area is 195 Å². The number of piperazine rings is 1. The van der Waals surface area contributed by atoms with Crippen molar-refractivity contribution in [2.75, 3.05) is 46.0 Å². The van der Waals surface area contributed by atoms with E-state index in [1.807, 2.05) is 0 Å². The van der Waals surface area contributed by atoms with Crippen LogP contribution in [0.1, 0.15) is 36.5 Å². The maximum absolute atomic E-state index is 13.2. The third-order valence-electron chi connectivity index (χ3n) is 5.75. The fourth-order valence-corrected chi connectivity index (χ4v) is 5.23. The smallest absolute Gasteiger partial charge is 0.253 e. The van der Waals surface area contributed by atoms with Crippen molar-refractivity contribution in [3.63, 3.8) is 0 Å². The van der Waals surface area contributed by atoms with Gasteiger partial charge in [-0.1, -0.05) is 13.3 Å². The van der Waals surface area contributed by atoms with Gasteiger partial charge in [-0.25, -0.2) is 8.42 Å². The molecule has 0 radical (unpaired) electrons. The predicted octanol–water partition coefficient (Wildman–Crippen LogP) is 3.17. The molecule has 1 fully saturated rings. The Morgan fingerprint density at radius 2 is 1.67 bits per heavy atom. The summed E-state index contributed by atoms with van der Waals surface area (Å²) in [6.45, 7) is 4.93. The topological polar surface area (TPSA) is 85.4 Å². The molecule has 0 saturated carbocycles. The van der Waals surface area contributed by atoms with E-state index in [2.05, 4.69) is 6.92 Å². The summed E-state index contributed by atoms with van der Waals surface area (Å²) in [6.07, 6.45) is 2.80. The fraction of sp³-hybridized carbons (Fsp3) is 0.458. The molecule has 2 aromatic carbocycles. The van der Waals surface area contributed by atoms with Gasteiger partial charge in [-0.05, 0) is 42.8 Å². The largest absolute Gasteiger partial charge is 0.494 e. The lowest BCUT2D eigenvalue weighted by atomic mass is 10.2. The van der Waals surface area contributed by atoms with Crippen LogP contribution in [0, 0.1) is 0 Å². The number of sulfonamides is 1. The Bertz CT molecular complexity index is 1060. The van der Waals surface area contributed by atoms with Crippen molar-refractivity contribution in [3.05, 3.63) is 48.0 Å². The number of hydrogen-bond donors (Lipinski definition) is 0. The zero-order valence-electron chi connectivity index (χ0n) is 18.9. The molecule has 0 aliphatic carbocycles. The maximum Gasteiger partial charge on any atom is 0.253 e. The molecular formula is C24H30N2O6S. The highest BCUT2D eigenvalue weighted by atomic mass is 32.2. The molecule has 0 atom stereocenters. The first-order chi connectivity index (χ1) is 16.0. The summed E-state index contributed by atoms with van der Waals surface area (Å²) in [6, 6.07) is 11.8. The number of carbonyl (C=O) groups excluding carboxylic acids is 1. The normalized spacial score (nSPS) is 16.8. The van der Waals surface area contributed by atoms with Crippen molar-refractivity contribution in [3.8, 4) is 17.2 Å². The van der Waals surface area contributed by atoms with Gasteiger partial charge in [0.15, 0.2) is 11.5 Å². The molecule has 1 saturated heterocycles. The third-order valence-corrected chi connectivity index (χ3v) is 7.65. The molecule has 2 aromatic rings. The lowest BCUT2D eigenvalue weighted by molar-refractivity contribution is 0.0698. The zero-order valence-corrected chi connectivity index (χ0v) is 19.7. The SMILES string of the molecule is CCCCOc1ccc(C(=O)N2CCN(S(=O)(=O)c3ccc4c(c3)OCCCO4)CC2)cc1. The van der Waals surface area contributed by atoms with Gasteiger partial charge >= 0.3 is 0 Å². The molecule has 0 N–H and O–H groups in total. The van der Waals surface area contributed by atoms with E-state index in [-0.39, 0.29) is 23.9 Å². The van der Waals surface area contributed by atoms with E-state index in [1.54, 1.807) is 41.3 Å². The molecule has 4 rings (SSSR count). The van der Waals surface area contributed by atoms with Gasteiger partial charge in [0.2, 0.25) is 10.0 Å². The molecule has 0 bridgehead atoms. The van der Waals surface area contributed by atoms with Crippen LogP contribution in [0.3, 0.4) is 0 Å². The molecule has 33 heavy (non-hydrogen) atoms. The Balaban J connectivity index is 1.37. The van der Waals surface area contributed by atoms with Crippen LogP contribution in [0.2, 0.25) is 0 Å². The number of benzene rings is 2. The summed E-state index contributed by atoms with van der Waals surface area (Å²) in [4.78, 5) is 14.7. The summed E-state index contributed by atoms with van der Waals surface area (Å²) >= 11 is 0. The lowest BCUT2D eigenvalue weighted by Gasteiger charge is -2.34. The number of ether oxygens (including phenoxy) is 3. The number of rotatable bonds is 7.